The summed E-state index contributed by atoms with van der Waals surface area (Å²) in [5, 5.41) is 22.7. The highest BCUT2D eigenvalue weighted by molar-refractivity contribution is 7.99. The SMILES string of the molecule is CC(C)NCc1c(SCC(O)CO)nc2ccccn12. The van der Waals surface area contributed by atoms with Crippen LogP contribution in [0.5, 0.6) is 0 Å². The average molecular weight is 295 g/mol. The maximum atomic E-state index is 9.48. The van der Waals surface area contributed by atoms with Crippen molar-refractivity contribution < 1.29 is 10.2 Å². The van der Waals surface area contributed by atoms with Crippen LogP contribution < -0.4 is 5.32 Å². The van der Waals surface area contributed by atoms with Crippen LogP contribution >= 0.6 is 11.8 Å². The topological polar surface area (TPSA) is 69.8 Å². The molecule has 5 nitrogen and oxygen atoms in total. The first kappa shape index (κ1) is 15.3. The van der Waals surface area contributed by atoms with Gasteiger partial charge in [-0.05, 0) is 12.1 Å². The second kappa shape index (κ2) is 7.08. The van der Waals surface area contributed by atoms with Crippen LogP contribution in [0, 0.1) is 0 Å². The van der Waals surface area contributed by atoms with Gasteiger partial charge in [0.05, 0.1) is 18.4 Å². The maximum Gasteiger partial charge on any atom is 0.138 e. The van der Waals surface area contributed by atoms with E-state index in [1.165, 1.54) is 11.8 Å². The van der Waals surface area contributed by atoms with E-state index in [0.29, 0.717) is 11.8 Å². The molecule has 1 atom stereocenters. The summed E-state index contributed by atoms with van der Waals surface area (Å²) < 4.78 is 2.06. The Bertz CT molecular complexity index is 556. The minimum atomic E-state index is -0.712. The lowest BCUT2D eigenvalue weighted by Crippen LogP contribution is -2.23. The fraction of sp³-hybridized carbons (Fsp3) is 0.500. The number of rotatable bonds is 7. The van der Waals surface area contributed by atoms with Gasteiger partial charge < -0.3 is 19.9 Å². The number of pyridine rings is 1. The molecule has 0 aliphatic rings. The molecular formula is C14H21N3O2S. The van der Waals surface area contributed by atoms with Crippen LogP contribution in [0.25, 0.3) is 5.65 Å². The van der Waals surface area contributed by atoms with Crippen molar-refractivity contribution >= 4 is 17.4 Å². The highest BCUT2D eigenvalue weighted by Crippen LogP contribution is 2.24. The average Bonchev–Trinajstić information content (AvgIpc) is 2.80. The minimum Gasteiger partial charge on any atom is -0.394 e. The van der Waals surface area contributed by atoms with Crippen LogP contribution in [0.4, 0.5) is 0 Å². The lowest BCUT2D eigenvalue weighted by molar-refractivity contribution is 0.113. The number of aliphatic hydroxyl groups is 2. The molecule has 2 heterocycles. The summed E-state index contributed by atoms with van der Waals surface area (Å²) >= 11 is 1.48. The monoisotopic (exact) mass is 295 g/mol. The van der Waals surface area contributed by atoms with E-state index in [1.54, 1.807) is 0 Å². The zero-order valence-corrected chi connectivity index (χ0v) is 12.6. The van der Waals surface area contributed by atoms with Crippen molar-refractivity contribution in [3.8, 4) is 0 Å². The highest BCUT2D eigenvalue weighted by Gasteiger charge is 2.14. The fourth-order valence-corrected chi connectivity index (χ4v) is 2.78. The molecule has 6 heteroatoms. The molecule has 0 aliphatic carbocycles. The summed E-state index contributed by atoms with van der Waals surface area (Å²) in [4.78, 5) is 4.59. The number of thioether (sulfide) groups is 1. The van der Waals surface area contributed by atoms with E-state index in [4.69, 9.17) is 5.11 Å². The Kier molecular flexibility index (Phi) is 5.42. The number of aromatic nitrogens is 2. The molecule has 3 N–H and O–H groups in total. The van der Waals surface area contributed by atoms with Crippen molar-refractivity contribution in [1.29, 1.82) is 0 Å². The third-order valence-corrected chi connectivity index (χ3v) is 4.04. The molecule has 1 unspecified atom stereocenters. The molecule has 0 bridgehead atoms. The Balaban J connectivity index is 2.24. The van der Waals surface area contributed by atoms with Gasteiger partial charge >= 0.3 is 0 Å². The van der Waals surface area contributed by atoms with Crippen molar-refractivity contribution in [2.24, 2.45) is 0 Å². The van der Waals surface area contributed by atoms with E-state index in [-0.39, 0.29) is 6.61 Å². The van der Waals surface area contributed by atoms with Gasteiger partial charge in [-0.15, -0.1) is 11.8 Å². The number of imidazole rings is 1. The number of aliphatic hydroxyl groups excluding tert-OH is 2. The van der Waals surface area contributed by atoms with Gasteiger partial charge in [-0.25, -0.2) is 4.98 Å². The molecule has 0 radical (unpaired) electrons. The van der Waals surface area contributed by atoms with E-state index in [2.05, 4.69) is 28.5 Å². The molecule has 20 heavy (non-hydrogen) atoms. The van der Waals surface area contributed by atoms with Crippen molar-refractivity contribution in [2.45, 2.75) is 37.6 Å². The second-order valence-corrected chi connectivity index (χ2v) is 5.98. The van der Waals surface area contributed by atoms with Crippen molar-refractivity contribution in [3.63, 3.8) is 0 Å². The summed E-state index contributed by atoms with van der Waals surface area (Å²) in [6.45, 7) is 4.71. The Morgan fingerprint density at radius 2 is 2.20 bits per heavy atom. The number of nitrogens with zero attached hydrogens (tertiary/aromatic N) is 2. The highest BCUT2D eigenvalue weighted by atomic mass is 32.2. The lowest BCUT2D eigenvalue weighted by atomic mass is 10.3. The van der Waals surface area contributed by atoms with Crippen molar-refractivity contribution in [3.05, 3.63) is 30.1 Å². The van der Waals surface area contributed by atoms with Gasteiger partial charge in [-0.1, -0.05) is 19.9 Å². The molecule has 2 aromatic rings. The Morgan fingerprint density at radius 1 is 1.40 bits per heavy atom. The molecule has 110 valence electrons. The summed E-state index contributed by atoms with van der Waals surface area (Å²) in [6, 6.07) is 6.29. The first-order chi connectivity index (χ1) is 9.61. The predicted molar refractivity (Wildman–Crippen MR) is 81.0 cm³/mol. The van der Waals surface area contributed by atoms with Gasteiger partial charge in [0.25, 0.3) is 0 Å². The molecule has 2 aromatic heterocycles. The molecule has 0 amide bonds. The molecule has 0 saturated carbocycles. The van der Waals surface area contributed by atoms with Gasteiger partial charge in [0.15, 0.2) is 0 Å². The van der Waals surface area contributed by atoms with Crippen LogP contribution in [-0.4, -0.2) is 44.1 Å². The van der Waals surface area contributed by atoms with Gasteiger partial charge in [0.1, 0.15) is 10.7 Å². The molecule has 0 aromatic carbocycles. The normalized spacial score (nSPS) is 13.2. The largest absolute Gasteiger partial charge is 0.394 e. The standard InChI is InChI=1S/C14H21N3O2S/c1-10(2)15-7-12-14(20-9-11(19)8-18)16-13-5-3-4-6-17(12)13/h3-6,10-11,15,18-19H,7-9H2,1-2H3. The van der Waals surface area contributed by atoms with Crippen molar-refractivity contribution in [2.75, 3.05) is 12.4 Å². The molecule has 0 spiro atoms. The van der Waals surface area contributed by atoms with Gasteiger partial charge in [0, 0.05) is 24.5 Å². The third kappa shape index (κ3) is 3.73. The molecule has 0 saturated heterocycles. The van der Waals surface area contributed by atoms with E-state index in [1.807, 2.05) is 24.4 Å². The van der Waals surface area contributed by atoms with Crippen LogP contribution in [0.3, 0.4) is 0 Å². The number of nitrogens with one attached hydrogen (secondary N) is 1. The number of fused-ring (bicyclic) bond motifs is 1. The first-order valence-corrected chi connectivity index (χ1v) is 7.71. The maximum absolute atomic E-state index is 9.48. The van der Waals surface area contributed by atoms with E-state index >= 15 is 0 Å². The lowest BCUT2D eigenvalue weighted by Gasteiger charge is -2.10. The van der Waals surface area contributed by atoms with Crippen LogP contribution in [0.2, 0.25) is 0 Å². The van der Waals surface area contributed by atoms with Crippen LogP contribution in [-0.2, 0) is 6.54 Å². The summed E-state index contributed by atoms with van der Waals surface area (Å²) in [6.07, 6.45) is 1.28. The number of hydrogen-bond acceptors (Lipinski definition) is 5. The van der Waals surface area contributed by atoms with Crippen LogP contribution in [0.15, 0.2) is 29.4 Å². The van der Waals surface area contributed by atoms with Crippen LogP contribution in [0.1, 0.15) is 19.5 Å². The molecular weight excluding hydrogens is 274 g/mol. The quantitative estimate of drug-likeness (QED) is 0.671. The van der Waals surface area contributed by atoms with E-state index < -0.39 is 6.10 Å². The summed E-state index contributed by atoms with van der Waals surface area (Å²) in [7, 11) is 0. The predicted octanol–water partition coefficient (Wildman–Crippen LogP) is 1.28. The van der Waals surface area contributed by atoms with E-state index in [0.717, 1.165) is 22.9 Å². The zero-order chi connectivity index (χ0) is 14.5. The molecule has 0 fully saturated rings. The van der Waals surface area contributed by atoms with Gasteiger partial charge in [-0.3, -0.25) is 0 Å². The fourth-order valence-electron chi connectivity index (χ4n) is 1.83. The zero-order valence-electron chi connectivity index (χ0n) is 11.8. The Labute approximate surface area is 123 Å². The minimum absolute atomic E-state index is 0.222. The third-order valence-electron chi connectivity index (χ3n) is 2.89. The Hall–Kier alpha value is -1.08. The Morgan fingerprint density at radius 3 is 2.90 bits per heavy atom. The molecule has 0 aliphatic heterocycles. The second-order valence-electron chi connectivity index (χ2n) is 4.98. The smallest absolute Gasteiger partial charge is 0.138 e. The molecule has 2 rings (SSSR count). The van der Waals surface area contributed by atoms with Crippen molar-refractivity contribution in [1.82, 2.24) is 14.7 Å². The summed E-state index contributed by atoms with van der Waals surface area (Å²) in [5.74, 6) is 0.440. The van der Waals surface area contributed by atoms with E-state index in [9.17, 15) is 5.11 Å². The summed E-state index contributed by atoms with van der Waals surface area (Å²) in [5.41, 5.74) is 1.98. The van der Waals surface area contributed by atoms with Gasteiger partial charge in [0.2, 0.25) is 0 Å². The number of hydrogen-bond donors (Lipinski definition) is 3. The first-order valence-electron chi connectivity index (χ1n) is 6.73. The van der Waals surface area contributed by atoms with Gasteiger partial charge in [-0.2, -0.15) is 0 Å².